The predicted octanol–water partition coefficient (Wildman–Crippen LogP) is 5.02. The molecule has 2 aromatic carbocycles. The van der Waals surface area contributed by atoms with Gasteiger partial charge < -0.3 is 0 Å². The summed E-state index contributed by atoms with van der Waals surface area (Å²) < 4.78 is 28.7. The van der Waals surface area contributed by atoms with Crippen LogP contribution in [0.4, 0.5) is 0 Å². The van der Waals surface area contributed by atoms with Crippen LogP contribution < -0.4 is 0 Å². The van der Waals surface area contributed by atoms with Crippen LogP contribution in [-0.2, 0) is 10.0 Å². The lowest BCUT2D eigenvalue weighted by Gasteiger charge is -2.34. The summed E-state index contributed by atoms with van der Waals surface area (Å²) in [6.45, 7) is 2.20. The molecule has 2 aromatic rings. The third-order valence-electron chi connectivity index (χ3n) is 4.12. The molecule has 1 heterocycles. The lowest BCUT2D eigenvalue weighted by atomic mass is 10.0. The largest absolute Gasteiger partial charge is 0.243 e. The van der Waals surface area contributed by atoms with Crippen LogP contribution in [0.5, 0.6) is 0 Å². The van der Waals surface area contributed by atoms with Crippen LogP contribution in [0, 0.1) is 6.92 Å². The zero-order valence-electron chi connectivity index (χ0n) is 13.1. The molecule has 0 amide bonds. The lowest BCUT2D eigenvalue weighted by Crippen LogP contribution is -2.37. The van der Waals surface area contributed by atoms with Gasteiger partial charge in [0.25, 0.3) is 0 Å². The average molecular weight is 427 g/mol. The second-order valence-electron chi connectivity index (χ2n) is 5.78. The molecule has 6 heteroatoms. The van der Waals surface area contributed by atoms with E-state index in [0.29, 0.717) is 16.3 Å². The Morgan fingerprint density at radius 2 is 1.79 bits per heavy atom. The van der Waals surface area contributed by atoms with Gasteiger partial charge in [0.2, 0.25) is 10.0 Å². The van der Waals surface area contributed by atoms with E-state index in [9.17, 15) is 8.42 Å². The molecule has 1 aliphatic rings. The van der Waals surface area contributed by atoms with Gasteiger partial charge in [-0.25, -0.2) is 8.42 Å². The molecule has 126 valence electrons. The van der Waals surface area contributed by atoms with Gasteiger partial charge in [0.05, 0.1) is 10.9 Å². The SMILES string of the molecule is Cc1ccc(S(=O)(=O)N2CC=C(Cl)CC2c2ccccc2Br)cc1. The topological polar surface area (TPSA) is 37.4 Å². The quantitative estimate of drug-likeness (QED) is 0.691. The molecule has 0 saturated carbocycles. The fraction of sp³-hybridized carbons (Fsp3) is 0.222. The van der Waals surface area contributed by atoms with Crippen molar-refractivity contribution >= 4 is 37.6 Å². The maximum Gasteiger partial charge on any atom is 0.243 e. The summed E-state index contributed by atoms with van der Waals surface area (Å²) >= 11 is 9.75. The van der Waals surface area contributed by atoms with Crippen molar-refractivity contribution in [3.8, 4) is 0 Å². The van der Waals surface area contributed by atoms with Crippen LogP contribution in [0.1, 0.15) is 23.6 Å². The molecule has 0 spiro atoms. The van der Waals surface area contributed by atoms with Gasteiger partial charge in [0.15, 0.2) is 0 Å². The monoisotopic (exact) mass is 425 g/mol. The van der Waals surface area contributed by atoms with Gasteiger partial charge in [-0.15, -0.1) is 0 Å². The van der Waals surface area contributed by atoms with Gasteiger partial charge in [-0.3, -0.25) is 0 Å². The van der Waals surface area contributed by atoms with Gasteiger partial charge >= 0.3 is 0 Å². The van der Waals surface area contributed by atoms with E-state index in [-0.39, 0.29) is 12.6 Å². The number of sulfonamides is 1. The highest BCUT2D eigenvalue weighted by molar-refractivity contribution is 9.10. The van der Waals surface area contributed by atoms with Crippen molar-refractivity contribution in [2.24, 2.45) is 0 Å². The van der Waals surface area contributed by atoms with Gasteiger partial charge in [0.1, 0.15) is 0 Å². The van der Waals surface area contributed by atoms with E-state index in [1.165, 1.54) is 4.31 Å². The first-order valence-corrected chi connectivity index (χ1v) is 10.2. The summed E-state index contributed by atoms with van der Waals surface area (Å²) in [5.41, 5.74) is 1.94. The Balaban J connectivity index is 2.06. The Morgan fingerprint density at radius 1 is 1.12 bits per heavy atom. The fourth-order valence-electron chi connectivity index (χ4n) is 2.81. The van der Waals surface area contributed by atoms with Crippen molar-refractivity contribution < 1.29 is 8.42 Å². The molecule has 0 saturated heterocycles. The van der Waals surface area contributed by atoms with Crippen LogP contribution >= 0.6 is 27.5 Å². The van der Waals surface area contributed by atoms with E-state index in [0.717, 1.165) is 15.6 Å². The lowest BCUT2D eigenvalue weighted by molar-refractivity contribution is 0.336. The number of halogens is 2. The van der Waals surface area contributed by atoms with Gasteiger partial charge in [-0.05, 0) is 30.7 Å². The minimum atomic E-state index is -3.61. The van der Waals surface area contributed by atoms with Crippen molar-refractivity contribution in [1.29, 1.82) is 0 Å². The molecule has 24 heavy (non-hydrogen) atoms. The highest BCUT2D eigenvalue weighted by atomic mass is 79.9. The normalized spacial score (nSPS) is 19.1. The molecule has 0 aliphatic carbocycles. The second-order valence-corrected chi connectivity index (χ2v) is 9.01. The first-order chi connectivity index (χ1) is 11.4. The Bertz CT molecular complexity index is 878. The second kappa shape index (κ2) is 7.00. The highest BCUT2D eigenvalue weighted by Crippen LogP contribution is 2.39. The molecule has 3 rings (SSSR count). The Kier molecular flexibility index (Phi) is 5.16. The first kappa shape index (κ1) is 17.7. The zero-order chi connectivity index (χ0) is 17.3. The smallest absolute Gasteiger partial charge is 0.207 e. The third-order valence-corrected chi connectivity index (χ3v) is 7.04. The fourth-order valence-corrected chi connectivity index (χ4v) is 5.12. The van der Waals surface area contributed by atoms with E-state index >= 15 is 0 Å². The zero-order valence-corrected chi connectivity index (χ0v) is 16.3. The van der Waals surface area contributed by atoms with E-state index in [2.05, 4.69) is 15.9 Å². The van der Waals surface area contributed by atoms with E-state index < -0.39 is 10.0 Å². The number of hydrogen-bond acceptors (Lipinski definition) is 2. The molecular formula is C18H17BrClNO2S. The molecule has 0 fully saturated rings. The molecule has 0 N–H and O–H groups in total. The van der Waals surface area contributed by atoms with Crippen LogP contribution in [0.25, 0.3) is 0 Å². The van der Waals surface area contributed by atoms with Gasteiger partial charge in [-0.1, -0.05) is 69.5 Å². The van der Waals surface area contributed by atoms with Crippen LogP contribution in [-0.4, -0.2) is 19.3 Å². The standard InChI is InChI=1S/C18H17BrClNO2S/c1-13-6-8-15(9-7-13)24(22,23)21-11-10-14(20)12-18(21)16-4-2-3-5-17(16)19/h2-10,18H,11-12H2,1H3. The van der Waals surface area contributed by atoms with Crippen LogP contribution in [0.3, 0.4) is 0 Å². The Morgan fingerprint density at radius 3 is 2.46 bits per heavy atom. The number of nitrogens with zero attached hydrogens (tertiary/aromatic N) is 1. The van der Waals surface area contributed by atoms with E-state index in [1.807, 2.05) is 43.3 Å². The van der Waals surface area contributed by atoms with Crippen molar-refractivity contribution in [3.05, 3.63) is 75.2 Å². The summed E-state index contributed by atoms with van der Waals surface area (Å²) in [5, 5.41) is 0.686. The number of hydrogen-bond donors (Lipinski definition) is 0. The summed E-state index contributed by atoms with van der Waals surface area (Å²) in [6.07, 6.45) is 2.23. The molecular weight excluding hydrogens is 410 g/mol. The van der Waals surface area contributed by atoms with Crippen LogP contribution in [0.15, 0.2) is 69.0 Å². The van der Waals surface area contributed by atoms with Crippen LogP contribution in [0.2, 0.25) is 0 Å². The molecule has 3 nitrogen and oxygen atoms in total. The molecule has 0 radical (unpaired) electrons. The number of aryl methyl sites for hydroxylation is 1. The van der Waals surface area contributed by atoms with E-state index in [4.69, 9.17) is 11.6 Å². The van der Waals surface area contributed by atoms with Crippen molar-refractivity contribution in [1.82, 2.24) is 4.31 Å². The third kappa shape index (κ3) is 3.45. The average Bonchev–Trinajstić information content (AvgIpc) is 2.55. The maximum atomic E-state index is 13.1. The summed E-state index contributed by atoms with van der Waals surface area (Å²) in [5.74, 6) is 0. The van der Waals surface area contributed by atoms with Gasteiger partial charge in [-0.2, -0.15) is 4.31 Å². The Hall–Kier alpha value is -1.14. The number of benzene rings is 2. The summed E-state index contributed by atoms with van der Waals surface area (Å²) in [7, 11) is -3.61. The van der Waals surface area contributed by atoms with Gasteiger partial charge in [0, 0.05) is 22.5 Å². The highest BCUT2D eigenvalue weighted by Gasteiger charge is 2.35. The molecule has 1 atom stereocenters. The summed E-state index contributed by atoms with van der Waals surface area (Å²) in [6, 6.07) is 14.3. The molecule has 0 aromatic heterocycles. The summed E-state index contributed by atoms with van der Waals surface area (Å²) in [4.78, 5) is 0.302. The van der Waals surface area contributed by atoms with Crippen molar-refractivity contribution in [2.45, 2.75) is 24.3 Å². The van der Waals surface area contributed by atoms with Crippen molar-refractivity contribution in [2.75, 3.05) is 6.54 Å². The number of rotatable bonds is 3. The molecule has 1 unspecified atom stereocenters. The minimum absolute atomic E-state index is 0.265. The molecule has 1 aliphatic heterocycles. The predicted molar refractivity (Wildman–Crippen MR) is 101 cm³/mol. The first-order valence-electron chi connectivity index (χ1n) is 7.57. The maximum absolute atomic E-state index is 13.1. The van der Waals surface area contributed by atoms with E-state index in [1.54, 1.807) is 18.2 Å². The Labute approximate surface area is 156 Å². The molecule has 0 bridgehead atoms. The van der Waals surface area contributed by atoms with Crippen molar-refractivity contribution in [3.63, 3.8) is 0 Å². The minimum Gasteiger partial charge on any atom is -0.207 e.